The van der Waals surface area contributed by atoms with Crippen LogP contribution in [-0.4, -0.2) is 33.5 Å². The molecule has 1 aromatic heterocycles. The lowest BCUT2D eigenvalue weighted by atomic mass is 10.2. The summed E-state index contributed by atoms with van der Waals surface area (Å²) in [6.07, 6.45) is 1.76. The number of allylic oxidation sites excluding steroid dienone is 1. The molecule has 0 unspecified atom stereocenters. The Morgan fingerprint density at radius 2 is 2.11 bits per heavy atom. The zero-order valence-electron chi connectivity index (χ0n) is 15.3. The number of nitrogens with one attached hydrogen (secondary N) is 1. The molecule has 2 aromatic carbocycles. The van der Waals surface area contributed by atoms with Gasteiger partial charge in [-0.25, -0.2) is 0 Å². The predicted molar refractivity (Wildman–Crippen MR) is 113 cm³/mol. The van der Waals surface area contributed by atoms with Crippen molar-refractivity contribution in [1.29, 1.82) is 0 Å². The molecule has 28 heavy (non-hydrogen) atoms. The standard InChI is InChI=1S/C20H19ClN4O2S/c1-3-11-25-19(16-9-4-5-10-17(16)27-2)23-24-20(25)28-13-18(26)22-15-8-6-7-14(21)12-15/h3-10,12H,1,11,13H2,2H3,(H,22,26). The van der Waals surface area contributed by atoms with Crippen LogP contribution in [0.4, 0.5) is 5.69 Å². The van der Waals surface area contributed by atoms with Gasteiger partial charge in [-0.1, -0.05) is 47.6 Å². The SMILES string of the molecule is C=CCn1c(SCC(=O)Nc2cccc(Cl)c2)nnc1-c1ccccc1OC. The quantitative estimate of drug-likeness (QED) is 0.433. The molecule has 0 fully saturated rings. The maximum absolute atomic E-state index is 12.3. The Hall–Kier alpha value is -2.77. The Morgan fingerprint density at radius 3 is 2.86 bits per heavy atom. The first-order valence-electron chi connectivity index (χ1n) is 8.48. The van der Waals surface area contributed by atoms with Crippen LogP contribution in [0.3, 0.4) is 0 Å². The van der Waals surface area contributed by atoms with Crippen LogP contribution in [0.15, 0.2) is 66.3 Å². The summed E-state index contributed by atoms with van der Waals surface area (Å²) >= 11 is 7.25. The summed E-state index contributed by atoms with van der Waals surface area (Å²) < 4.78 is 7.33. The van der Waals surface area contributed by atoms with Crippen molar-refractivity contribution in [3.63, 3.8) is 0 Å². The van der Waals surface area contributed by atoms with Crippen LogP contribution in [0, 0.1) is 0 Å². The van der Waals surface area contributed by atoms with Crippen molar-refractivity contribution in [2.24, 2.45) is 0 Å². The van der Waals surface area contributed by atoms with Gasteiger partial charge in [0, 0.05) is 17.3 Å². The Bertz CT molecular complexity index is 990. The van der Waals surface area contributed by atoms with Gasteiger partial charge in [0.1, 0.15) is 5.75 Å². The number of ether oxygens (including phenoxy) is 1. The first kappa shape index (κ1) is 20.0. The number of anilines is 1. The zero-order chi connectivity index (χ0) is 19.9. The molecular weight excluding hydrogens is 396 g/mol. The summed E-state index contributed by atoms with van der Waals surface area (Å²) in [7, 11) is 1.61. The number of hydrogen-bond donors (Lipinski definition) is 1. The van der Waals surface area contributed by atoms with E-state index >= 15 is 0 Å². The van der Waals surface area contributed by atoms with E-state index in [1.54, 1.807) is 37.5 Å². The van der Waals surface area contributed by atoms with E-state index < -0.39 is 0 Å². The average molecular weight is 415 g/mol. The zero-order valence-corrected chi connectivity index (χ0v) is 16.8. The van der Waals surface area contributed by atoms with Gasteiger partial charge in [-0.2, -0.15) is 0 Å². The van der Waals surface area contributed by atoms with Crippen molar-refractivity contribution in [1.82, 2.24) is 14.8 Å². The summed E-state index contributed by atoms with van der Waals surface area (Å²) in [6.45, 7) is 4.32. The van der Waals surface area contributed by atoms with Crippen molar-refractivity contribution in [3.05, 3.63) is 66.2 Å². The van der Waals surface area contributed by atoms with Crippen LogP contribution < -0.4 is 10.1 Å². The van der Waals surface area contributed by atoms with E-state index in [0.717, 1.165) is 5.56 Å². The fourth-order valence-corrected chi connectivity index (χ4v) is 3.55. The monoisotopic (exact) mass is 414 g/mol. The minimum absolute atomic E-state index is 0.153. The van der Waals surface area contributed by atoms with Crippen LogP contribution >= 0.6 is 23.4 Å². The van der Waals surface area contributed by atoms with E-state index in [1.807, 2.05) is 28.8 Å². The lowest BCUT2D eigenvalue weighted by Crippen LogP contribution is -2.14. The van der Waals surface area contributed by atoms with Gasteiger partial charge in [-0.3, -0.25) is 9.36 Å². The summed E-state index contributed by atoms with van der Waals surface area (Å²) in [5.74, 6) is 1.40. The molecule has 0 saturated heterocycles. The Balaban J connectivity index is 1.76. The summed E-state index contributed by atoms with van der Waals surface area (Å²) in [5, 5.41) is 12.6. The van der Waals surface area contributed by atoms with Crippen molar-refractivity contribution < 1.29 is 9.53 Å². The van der Waals surface area contributed by atoms with E-state index in [4.69, 9.17) is 16.3 Å². The van der Waals surface area contributed by atoms with Crippen LogP contribution in [0.25, 0.3) is 11.4 Å². The third-order valence-electron chi connectivity index (χ3n) is 3.82. The molecule has 0 atom stereocenters. The van der Waals surface area contributed by atoms with Crippen LogP contribution in [0.1, 0.15) is 0 Å². The van der Waals surface area contributed by atoms with Crippen molar-refractivity contribution in [3.8, 4) is 17.1 Å². The molecule has 6 nitrogen and oxygen atoms in total. The maximum Gasteiger partial charge on any atom is 0.234 e. The fourth-order valence-electron chi connectivity index (χ4n) is 2.61. The van der Waals surface area contributed by atoms with E-state index in [2.05, 4.69) is 22.1 Å². The number of rotatable bonds is 8. The molecule has 144 valence electrons. The molecule has 0 radical (unpaired) electrons. The van der Waals surface area contributed by atoms with Gasteiger partial charge in [-0.15, -0.1) is 16.8 Å². The lowest BCUT2D eigenvalue weighted by molar-refractivity contribution is -0.113. The maximum atomic E-state index is 12.3. The Kier molecular flexibility index (Phi) is 6.73. The lowest BCUT2D eigenvalue weighted by Gasteiger charge is -2.10. The average Bonchev–Trinajstić information content (AvgIpc) is 3.09. The number of carbonyl (C=O) groups is 1. The second-order valence-electron chi connectivity index (χ2n) is 5.75. The Labute approximate surface area is 172 Å². The largest absolute Gasteiger partial charge is 0.496 e. The molecule has 0 aliphatic heterocycles. The molecule has 0 spiro atoms. The molecule has 3 rings (SSSR count). The number of amides is 1. The van der Waals surface area contributed by atoms with Crippen molar-refractivity contribution in [2.45, 2.75) is 11.7 Å². The van der Waals surface area contributed by atoms with Gasteiger partial charge in [0.2, 0.25) is 5.91 Å². The first-order chi connectivity index (χ1) is 13.6. The molecule has 3 aromatic rings. The molecule has 8 heteroatoms. The second-order valence-corrected chi connectivity index (χ2v) is 7.13. The van der Waals surface area contributed by atoms with E-state index in [-0.39, 0.29) is 11.7 Å². The third kappa shape index (κ3) is 4.74. The highest BCUT2D eigenvalue weighted by Gasteiger charge is 2.17. The van der Waals surface area contributed by atoms with Gasteiger partial charge < -0.3 is 10.1 Å². The second kappa shape index (κ2) is 9.43. The highest BCUT2D eigenvalue weighted by Crippen LogP contribution is 2.31. The number of benzene rings is 2. The van der Waals surface area contributed by atoms with E-state index in [0.29, 0.717) is 34.0 Å². The Morgan fingerprint density at radius 1 is 1.29 bits per heavy atom. The van der Waals surface area contributed by atoms with Crippen LogP contribution in [-0.2, 0) is 11.3 Å². The fraction of sp³-hybridized carbons (Fsp3) is 0.150. The van der Waals surface area contributed by atoms with Gasteiger partial charge >= 0.3 is 0 Å². The van der Waals surface area contributed by atoms with Crippen LogP contribution in [0.5, 0.6) is 5.75 Å². The number of aromatic nitrogens is 3. The van der Waals surface area contributed by atoms with Gasteiger partial charge in [0.15, 0.2) is 11.0 Å². The number of nitrogens with zero attached hydrogens (tertiary/aromatic N) is 3. The van der Waals surface area contributed by atoms with Gasteiger partial charge in [-0.05, 0) is 30.3 Å². The number of halogens is 1. The highest BCUT2D eigenvalue weighted by atomic mass is 35.5. The van der Waals surface area contributed by atoms with E-state index in [1.165, 1.54) is 11.8 Å². The normalized spacial score (nSPS) is 10.5. The number of thioether (sulfide) groups is 1. The first-order valence-corrected chi connectivity index (χ1v) is 9.84. The molecule has 1 N–H and O–H groups in total. The minimum atomic E-state index is -0.153. The molecular formula is C20H19ClN4O2S. The van der Waals surface area contributed by atoms with Crippen molar-refractivity contribution >= 4 is 35.0 Å². The number of hydrogen-bond acceptors (Lipinski definition) is 5. The molecule has 0 aliphatic rings. The summed E-state index contributed by atoms with van der Waals surface area (Å²) in [5.41, 5.74) is 1.48. The van der Waals surface area contributed by atoms with Gasteiger partial charge in [0.25, 0.3) is 0 Å². The van der Waals surface area contributed by atoms with Crippen LogP contribution in [0.2, 0.25) is 5.02 Å². The molecule has 1 heterocycles. The molecule has 0 bridgehead atoms. The summed E-state index contributed by atoms with van der Waals surface area (Å²) in [4.78, 5) is 12.3. The van der Waals surface area contributed by atoms with Crippen molar-refractivity contribution in [2.75, 3.05) is 18.2 Å². The number of para-hydroxylation sites is 1. The van der Waals surface area contributed by atoms with Gasteiger partial charge in [0.05, 0.1) is 18.4 Å². The number of carbonyl (C=O) groups excluding carboxylic acids is 1. The molecule has 1 amide bonds. The molecule has 0 saturated carbocycles. The number of methoxy groups -OCH3 is 1. The van der Waals surface area contributed by atoms with E-state index in [9.17, 15) is 4.79 Å². The smallest absolute Gasteiger partial charge is 0.234 e. The minimum Gasteiger partial charge on any atom is -0.496 e. The third-order valence-corrected chi connectivity index (χ3v) is 5.02. The topological polar surface area (TPSA) is 69.0 Å². The predicted octanol–water partition coefficient (Wildman–Crippen LogP) is 4.52. The summed E-state index contributed by atoms with van der Waals surface area (Å²) in [6, 6.07) is 14.6. The highest BCUT2D eigenvalue weighted by molar-refractivity contribution is 7.99. The molecule has 0 aliphatic carbocycles.